The van der Waals surface area contributed by atoms with E-state index in [2.05, 4.69) is 26.5 Å². The molecule has 0 aromatic heterocycles. The van der Waals surface area contributed by atoms with E-state index in [1.807, 2.05) is 0 Å². The molecule has 0 aliphatic heterocycles. The van der Waals surface area contributed by atoms with Crippen LogP contribution in [0.1, 0.15) is 71.6 Å². The number of hydrogen-bond donors (Lipinski definition) is 0. The first-order valence-electron chi connectivity index (χ1n) is 6.88. The van der Waals surface area contributed by atoms with Crippen molar-refractivity contribution in [2.75, 3.05) is 5.88 Å². The maximum atomic E-state index is 5.81. The molecule has 0 rings (SSSR count). The van der Waals surface area contributed by atoms with Crippen LogP contribution >= 0.6 is 11.6 Å². The minimum absolute atomic E-state index is 0.269. The van der Waals surface area contributed by atoms with Crippen LogP contribution in [0.15, 0.2) is 12.7 Å². The van der Waals surface area contributed by atoms with E-state index in [1.165, 1.54) is 51.4 Å². The highest BCUT2D eigenvalue weighted by atomic mass is 35.5. The number of allylic oxidation sites excluding steroid dienone is 1. The van der Waals surface area contributed by atoms with Gasteiger partial charge in [0.15, 0.2) is 0 Å². The Morgan fingerprint density at radius 1 is 1.00 bits per heavy atom. The van der Waals surface area contributed by atoms with Crippen LogP contribution in [-0.2, 0) is 0 Å². The topological polar surface area (TPSA) is 0 Å². The van der Waals surface area contributed by atoms with Gasteiger partial charge in [-0.3, -0.25) is 0 Å². The molecular formula is C15H29Cl. The van der Waals surface area contributed by atoms with Crippen molar-refractivity contribution in [2.24, 2.45) is 5.41 Å². The molecule has 0 spiro atoms. The van der Waals surface area contributed by atoms with Crippen molar-refractivity contribution < 1.29 is 0 Å². The fourth-order valence-corrected chi connectivity index (χ4v) is 2.46. The maximum Gasteiger partial charge on any atom is 0.0231 e. The van der Waals surface area contributed by atoms with Gasteiger partial charge in [0.25, 0.3) is 0 Å². The van der Waals surface area contributed by atoms with Crippen molar-refractivity contribution in [1.29, 1.82) is 0 Å². The van der Waals surface area contributed by atoms with Crippen molar-refractivity contribution in [3.05, 3.63) is 12.7 Å². The molecule has 16 heavy (non-hydrogen) atoms. The van der Waals surface area contributed by atoms with Gasteiger partial charge in [0.05, 0.1) is 0 Å². The Labute approximate surface area is 107 Å². The van der Waals surface area contributed by atoms with Crippen LogP contribution in [0.2, 0.25) is 0 Å². The SMILES string of the molecule is C=CC(C)(CCCl)CCCCCCCCC. The van der Waals surface area contributed by atoms with Gasteiger partial charge < -0.3 is 0 Å². The molecule has 0 aromatic carbocycles. The second-order valence-electron chi connectivity index (χ2n) is 5.17. The molecule has 96 valence electrons. The zero-order valence-corrected chi connectivity index (χ0v) is 12.0. The van der Waals surface area contributed by atoms with Gasteiger partial charge in [0, 0.05) is 5.88 Å². The number of alkyl halides is 1. The van der Waals surface area contributed by atoms with Crippen LogP contribution in [-0.4, -0.2) is 5.88 Å². The van der Waals surface area contributed by atoms with Gasteiger partial charge in [-0.25, -0.2) is 0 Å². The van der Waals surface area contributed by atoms with E-state index in [0.717, 1.165) is 12.3 Å². The highest BCUT2D eigenvalue weighted by Gasteiger charge is 2.18. The normalized spacial score (nSPS) is 14.7. The molecule has 0 nitrogen and oxygen atoms in total. The minimum atomic E-state index is 0.269. The largest absolute Gasteiger partial charge is 0.127 e. The highest BCUT2D eigenvalue weighted by Crippen LogP contribution is 2.30. The molecule has 1 heteroatoms. The number of unbranched alkanes of at least 4 members (excludes halogenated alkanes) is 6. The van der Waals surface area contributed by atoms with Crippen LogP contribution in [0, 0.1) is 5.41 Å². The summed E-state index contributed by atoms with van der Waals surface area (Å²) in [6, 6.07) is 0. The molecule has 0 heterocycles. The predicted octanol–water partition coefficient (Wildman–Crippen LogP) is 5.95. The average Bonchev–Trinajstić information content (AvgIpc) is 2.28. The summed E-state index contributed by atoms with van der Waals surface area (Å²) in [7, 11) is 0. The second kappa shape index (κ2) is 10.2. The van der Waals surface area contributed by atoms with Gasteiger partial charge in [0.1, 0.15) is 0 Å². The molecular weight excluding hydrogens is 216 g/mol. The standard InChI is InChI=1S/C15H29Cl/c1-4-6-7-8-9-10-11-12-15(3,5-2)13-14-16/h5H,2,4,6-14H2,1,3H3. The monoisotopic (exact) mass is 244 g/mol. The Morgan fingerprint density at radius 2 is 1.56 bits per heavy atom. The summed E-state index contributed by atoms with van der Waals surface area (Å²) in [5, 5.41) is 0. The van der Waals surface area contributed by atoms with Crippen molar-refractivity contribution in [3.63, 3.8) is 0 Å². The maximum absolute atomic E-state index is 5.81. The summed E-state index contributed by atoms with van der Waals surface area (Å²) < 4.78 is 0. The Bertz CT molecular complexity index is 165. The average molecular weight is 245 g/mol. The Hall–Kier alpha value is 0.0300. The molecule has 0 aliphatic carbocycles. The van der Waals surface area contributed by atoms with Crippen molar-refractivity contribution in [1.82, 2.24) is 0 Å². The van der Waals surface area contributed by atoms with Crippen molar-refractivity contribution >= 4 is 11.6 Å². The molecule has 0 amide bonds. The third-order valence-corrected chi connectivity index (χ3v) is 3.70. The summed E-state index contributed by atoms with van der Waals surface area (Å²) in [5.74, 6) is 0.749. The van der Waals surface area contributed by atoms with Gasteiger partial charge >= 0.3 is 0 Å². The summed E-state index contributed by atoms with van der Waals surface area (Å²) in [5.41, 5.74) is 0.269. The third kappa shape index (κ3) is 8.21. The van der Waals surface area contributed by atoms with Gasteiger partial charge in [-0.2, -0.15) is 0 Å². The summed E-state index contributed by atoms with van der Waals surface area (Å²) >= 11 is 5.81. The van der Waals surface area contributed by atoms with Crippen LogP contribution in [0.5, 0.6) is 0 Å². The van der Waals surface area contributed by atoms with Gasteiger partial charge in [-0.05, 0) is 18.3 Å². The molecule has 0 saturated carbocycles. The molecule has 0 fully saturated rings. The van der Waals surface area contributed by atoms with E-state index in [9.17, 15) is 0 Å². The van der Waals surface area contributed by atoms with E-state index >= 15 is 0 Å². The van der Waals surface area contributed by atoms with Crippen LogP contribution in [0.4, 0.5) is 0 Å². The number of hydrogen-bond acceptors (Lipinski definition) is 0. The van der Waals surface area contributed by atoms with E-state index in [0.29, 0.717) is 0 Å². The quantitative estimate of drug-likeness (QED) is 0.239. The first kappa shape index (κ1) is 16.0. The van der Waals surface area contributed by atoms with E-state index in [4.69, 9.17) is 11.6 Å². The smallest absolute Gasteiger partial charge is 0.0231 e. The van der Waals surface area contributed by atoms with Crippen LogP contribution in [0.3, 0.4) is 0 Å². The molecule has 1 unspecified atom stereocenters. The van der Waals surface area contributed by atoms with Gasteiger partial charge in [-0.15, -0.1) is 18.2 Å². The molecule has 0 aromatic rings. The molecule has 0 radical (unpaired) electrons. The molecule has 0 N–H and O–H groups in total. The first-order chi connectivity index (χ1) is 7.68. The van der Waals surface area contributed by atoms with Gasteiger partial charge in [-0.1, -0.05) is 64.9 Å². The zero-order chi connectivity index (χ0) is 12.3. The Morgan fingerprint density at radius 3 is 2.06 bits per heavy atom. The lowest BCUT2D eigenvalue weighted by Gasteiger charge is -2.24. The van der Waals surface area contributed by atoms with E-state index in [1.54, 1.807) is 0 Å². The third-order valence-electron chi connectivity index (χ3n) is 3.51. The molecule has 1 atom stereocenters. The Kier molecular flexibility index (Phi) is 10.2. The van der Waals surface area contributed by atoms with Crippen molar-refractivity contribution in [2.45, 2.75) is 71.6 Å². The van der Waals surface area contributed by atoms with Crippen LogP contribution < -0.4 is 0 Å². The highest BCUT2D eigenvalue weighted by molar-refractivity contribution is 6.17. The second-order valence-corrected chi connectivity index (χ2v) is 5.55. The lowest BCUT2D eigenvalue weighted by atomic mass is 9.82. The number of rotatable bonds is 11. The summed E-state index contributed by atoms with van der Waals surface area (Å²) in [6.45, 7) is 8.47. The lowest BCUT2D eigenvalue weighted by Crippen LogP contribution is -2.13. The predicted molar refractivity (Wildman–Crippen MR) is 76.3 cm³/mol. The summed E-state index contributed by atoms with van der Waals surface area (Å²) in [6.07, 6.45) is 14.1. The van der Waals surface area contributed by atoms with Crippen molar-refractivity contribution in [3.8, 4) is 0 Å². The first-order valence-corrected chi connectivity index (χ1v) is 7.41. The van der Waals surface area contributed by atoms with E-state index < -0.39 is 0 Å². The van der Waals surface area contributed by atoms with Gasteiger partial charge in [0.2, 0.25) is 0 Å². The zero-order valence-electron chi connectivity index (χ0n) is 11.2. The minimum Gasteiger partial charge on any atom is -0.127 e. The fraction of sp³-hybridized carbons (Fsp3) is 0.867. The molecule has 0 bridgehead atoms. The molecule has 0 saturated heterocycles. The lowest BCUT2D eigenvalue weighted by molar-refractivity contribution is 0.359. The summed E-state index contributed by atoms with van der Waals surface area (Å²) in [4.78, 5) is 0. The van der Waals surface area contributed by atoms with Crippen LogP contribution in [0.25, 0.3) is 0 Å². The number of halogens is 1. The molecule has 0 aliphatic rings. The fourth-order valence-electron chi connectivity index (χ4n) is 2.03. The van der Waals surface area contributed by atoms with E-state index in [-0.39, 0.29) is 5.41 Å². The Balaban J connectivity index is 3.44.